The summed E-state index contributed by atoms with van der Waals surface area (Å²) in [6.45, 7) is 1.82. The van der Waals surface area contributed by atoms with E-state index >= 15 is 0 Å². The van der Waals surface area contributed by atoms with Crippen LogP contribution in [-0.4, -0.2) is 46.1 Å². The molecule has 0 aliphatic carbocycles. The monoisotopic (exact) mass is 361 g/mol. The average Bonchev–Trinajstić information content (AvgIpc) is 3.03. The maximum atomic E-state index is 12.4. The minimum atomic E-state index is -0.315. The molecule has 1 saturated heterocycles. The predicted molar refractivity (Wildman–Crippen MR) is 95.5 cm³/mol. The topological polar surface area (TPSA) is 93.2 Å². The number of rotatable bonds is 5. The van der Waals surface area contributed by atoms with Crippen molar-refractivity contribution in [2.24, 2.45) is 5.73 Å². The van der Waals surface area contributed by atoms with Gasteiger partial charge < -0.3 is 11.1 Å². The van der Waals surface area contributed by atoms with E-state index in [1.54, 1.807) is 36.5 Å². The van der Waals surface area contributed by atoms with Gasteiger partial charge in [0.15, 0.2) is 0 Å². The third-order valence-electron chi connectivity index (χ3n) is 4.31. The van der Waals surface area contributed by atoms with Gasteiger partial charge in [0, 0.05) is 19.2 Å². The number of piperidine rings is 1. The van der Waals surface area contributed by atoms with Gasteiger partial charge in [-0.15, -0.1) is 0 Å². The highest BCUT2D eigenvalue weighted by Crippen LogP contribution is 2.26. The summed E-state index contributed by atoms with van der Waals surface area (Å²) in [5.41, 5.74) is 5.67. The molecule has 0 spiro atoms. The lowest BCUT2D eigenvalue weighted by molar-refractivity contribution is -0.119. The second-order valence-corrected chi connectivity index (χ2v) is 6.48. The largest absolute Gasteiger partial charge is 0.369 e. The summed E-state index contributed by atoms with van der Waals surface area (Å²) in [6.07, 6.45) is 3.34. The normalized spacial score (nSPS) is 15.9. The first-order valence-electron chi connectivity index (χ1n) is 8.14. The summed E-state index contributed by atoms with van der Waals surface area (Å²) in [4.78, 5) is 25.5. The van der Waals surface area contributed by atoms with Crippen molar-refractivity contribution >= 4 is 29.2 Å². The third-order valence-corrected chi connectivity index (χ3v) is 4.64. The Bertz CT molecular complexity index is 768. The fourth-order valence-electron chi connectivity index (χ4n) is 3.08. The van der Waals surface area contributed by atoms with Crippen LogP contribution in [0.25, 0.3) is 0 Å². The van der Waals surface area contributed by atoms with Crippen LogP contribution in [0.5, 0.6) is 0 Å². The van der Waals surface area contributed by atoms with Gasteiger partial charge in [0.25, 0.3) is 5.91 Å². The molecule has 1 fully saturated rings. The molecule has 1 aliphatic rings. The predicted octanol–water partition coefficient (Wildman–Crippen LogP) is 1.91. The summed E-state index contributed by atoms with van der Waals surface area (Å²) in [6, 6.07) is 8.85. The van der Waals surface area contributed by atoms with Gasteiger partial charge in [-0.3, -0.25) is 14.5 Å². The molecule has 1 aromatic heterocycles. The zero-order chi connectivity index (χ0) is 17.8. The van der Waals surface area contributed by atoms with Gasteiger partial charge in [-0.05, 0) is 25.0 Å². The first kappa shape index (κ1) is 17.4. The highest BCUT2D eigenvalue weighted by atomic mass is 35.5. The second kappa shape index (κ2) is 7.67. The Hall–Kier alpha value is -2.38. The molecule has 0 radical (unpaired) electrons. The Morgan fingerprint density at radius 1 is 1.24 bits per heavy atom. The van der Waals surface area contributed by atoms with Crippen molar-refractivity contribution in [3.63, 3.8) is 0 Å². The van der Waals surface area contributed by atoms with Crippen molar-refractivity contribution in [3.05, 3.63) is 47.1 Å². The summed E-state index contributed by atoms with van der Waals surface area (Å²) >= 11 is 6.08. The number of carbonyl (C=O) groups excluding carboxylic acids is 2. The number of likely N-dealkylation sites (tertiary alicyclic amines) is 1. The van der Waals surface area contributed by atoms with Gasteiger partial charge in [0.05, 0.1) is 29.4 Å². The van der Waals surface area contributed by atoms with Gasteiger partial charge in [0.2, 0.25) is 5.91 Å². The van der Waals surface area contributed by atoms with E-state index < -0.39 is 0 Å². The molecule has 132 valence electrons. The average molecular weight is 362 g/mol. The standard InChI is InChI=1S/C17H20ClN5O2/c18-14-4-2-1-3-13(14)17(25)21-16-5-8-20-23(16)12-6-9-22(10-7-12)11-15(19)24/h1-5,8,12H,6-7,9-11H2,(H2,19,24)(H,21,25). The van der Waals surface area contributed by atoms with E-state index in [0.29, 0.717) is 16.4 Å². The smallest absolute Gasteiger partial charge is 0.258 e. The van der Waals surface area contributed by atoms with Crippen LogP contribution in [0.3, 0.4) is 0 Å². The lowest BCUT2D eigenvalue weighted by Gasteiger charge is -2.31. The summed E-state index contributed by atoms with van der Waals surface area (Å²) in [5, 5.41) is 7.64. The van der Waals surface area contributed by atoms with Gasteiger partial charge in [0.1, 0.15) is 5.82 Å². The van der Waals surface area contributed by atoms with Crippen molar-refractivity contribution in [1.29, 1.82) is 0 Å². The maximum absolute atomic E-state index is 12.4. The number of benzene rings is 1. The van der Waals surface area contributed by atoms with Crippen molar-refractivity contribution < 1.29 is 9.59 Å². The number of hydrogen-bond acceptors (Lipinski definition) is 4. The highest BCUT2D eigenvalue weighted by molar-refractivity contribution is 6.34. The zero-order valence-electron chi connectivity index (χ0n) is 13.7. The number of halogens is 1. The minimum absolute atomic E-state index is 0.167. The fraction of sp³-hybridized carbons (Fsp3) is 0.353. The molecule has 8 heteroatoms. The minimum Gasteiger partial charge on any atom is -0.369 e. The van der Waals surface area contributed by atoms with Crippen LogP contribution in [-0.2, 0) is 4.79 Å². The number of hydrogen-bond donors (Lipinski definition) is 2. The third kappa shape index (κ3) is 4.18. The number of nitrogens with zero attached hydrogens (tertiary/aromatic N) is 3. The first-order valence-corrected chi connectivity index (χ1v) is 8.52. The number of anilines is 1. The molecule has 0 unspecified atom stereocenters. The van der Waals surface area contributed by atoms with Gasteiger partial charge >= 0.3 is 0 Å². The van der Waals surface area contributed by atoms with Crippen LogP contribution in [0.4, 0.5) is 5.82 Å². The quantitative estimate of drug-likeness (QED) is 0.850. The second-order valence-electron chi connectivity index (χ2n) is 6.07. The van der Waals surface area contributed by atoms with E-state index in [1.165, 1.54) is 0 Å². The van der Waals surface area contributed by atoms with Crippen LogP contribution in [0.15, 0.2) is 36.5 Å². The Kier molecular flexibility index (Phi) is 5.35. The summed E-state index contributed by atoms with van der Waals surface area (Å²) in [7, 11) is 0. The number of carbonyl (C=O) groups is 2. The van der Waals surface area contributed by atoms with Crippen molar-refractivity contribution in [1.82, 2.24) is 14.7 Å². The van der Waals surface area contributed by atoms with Crippen molar-refractivity contribution in [2.45, 2.75) is 18.9 Å². The molecule has 2 amide bonds. The number of nitrogens with two attached hydrogens (primary N) is 1. The first-order chi connectivity index (χ1) is 12.0. The molecule has 2 heterocycles. The summed E-state index contributed by atoms with van der Waals surface area (Å²) < 4.78 is 1.83. The van der Waals surface area contributed by atoms with Crippen LogP contribution in [0, 0.1) is 0 Å². The molecule has 7 nitrogen and oxygen atoms in total. The van der Waals surface area contributed by atoms with Crippen LogP contribution >= 0.6 is 11.6 Å². The molecule has 1 aromatic carbocycles. The molecule has 0 saturated carbocycles. The molecule has 0 atom stereocenters. The Labute approximate surface area is 150 Å². The summed E-state index contributed by atoms with van der Waals surface area (Å²) in [5.74, 6) is 0.0574. The molecule has 1 aliphatic heterocycles. The highest BCUT2D eigenvalue weighted by Gasteiger charge is 2.24. The number of primary amides is 1. The lowest BCUT2D eigenvalue weighted by atomic mass is 10.1. The molecule has 3 rings (SSSR count). The zero-order valence-corrected chi connectivity index (χ0v) is 14.4. The van der Waals surface area contributed by atoms with Crippen LogP contribution < -0.4 is 11.1 Å². The molecule has 0 bridgehead atoms. The van der Waals surface area contributed by atoms with Gasteiger partial charge in [-0.1, -0.05) is 23.7 Å². The van der Waals surface area contributed by atoms with E-state index in [0.717, 1.165) is 25.9 Å². The fourth-order valence-corrected chi connectivity index (χ4v) is 3.30. The van der Waals surface area contributed by atoms with Crippen LogP contribution in [0.2, 0.25) is 5.02 Å². The van der Waals surface area contributed by atoms with E-state index in [2.05, 4.69) is 10.4 Å². The molecular weight excluding hydrogens is 342 g/mol. The molecule has 3 N–H and O–H groups in total. The van der Waals surface area contributed by atoms with E-state index in [-0.39, 0.29) is 24.4 Å². The van der Waals surface area contributed by atoms with E-state index in [1.807, 2.05) is 9.58 Å². The van der Waals surface area contributed by atoms with Crippen LogP contribution in [0.1, 0.15) is 29.2 Å². The number of amides is 2. The number of aromatic nitrogens is 2. The maximum Gasteiger partial charge on any atom is 0.258 e. The molecule has 25 heavy (non-hydrogen) atoms. The van der Waals surface area contributed by atoms with Crippen molar-refractivity contribution in [2.75, 3.05) is 25.0 Å². The molecular formula is C17H20ClN5O2. The molecule has 2 aromatic rings. The lowest BCUT2D eigenvalue weighted by Crippen LogP contribution is -2.40. The van der Waals surface area contributed by atoms with E-state index in [4.69, 9.17) is 17.3 Å². The Balaban J connectivity index is 1.66. The SMILES string of the molecule is NC(=O)CN1CCC(n2nccc2NC(=O)c2ccccc2Cl)CC1. The van der Waals surface area contributed by atoms with E-state index in [9.17, 15) is 9.59 Å². The van der Waals surface area contributed by atoms with Crippen molar-refractivity contribution in [3.8, 4) is 0 Å². The Morgan fingerprint density at radius 3 is 2.64 bits per heavy atom. The number of nitrogens with one attached hydrogen (secondary N) is 1. The Morgan fingerprint density at radius 2 is 1.96 bits per heavy atom. The van der Waals surface area contributed by atoms with Gasteiger partial charge in [-0.2, -0.15) is 5.10 Å². The van der Waals surface area contributed by atoms with Gasteiger partial charge in [-0.25, -0.2) is 4.68 Å².